The molecule has 3 aromatic rings. The maximum atomic E-state index is 13.1. The van der Waals surface area contributed by atoms with Gasteiger partial charge in [0.25, 0.3) is 10.0 Å². The van der Waals surface area contributed by atoms with Crippen LogP contribution in [0, 0.1) is 39.0 Å². The van der Waals surface area contributed by atoms with Gasteiger partial charge >= 0.3 is 0 Å². The van der Waals surface area contributed by atoms with E-state index in [-0.39, 0.29) is 4.90 Å². The Labute approximate surface area is 156 Å². The van der Waals surface area contributed by atoms with Gasteiger partial charge in [0.05, 0.1) is 22.9 Å². The van der Waals surface area contributed by atoms with Crippen LogP contribution in [0.1, 0.15) is 26.6 Å². The van der Waals surface area contributed by atoms with Crippen molar-refractivity contribution in [2.45, 2.75) is 32.6 Å². The first-order valence-electron chi connectivity index (χ1n) is 7.81. The average Bonchev–Trinajstić information content (AvgIpc) is 3.07. The molecule has 1 aromatic carbocycles. The Bertz CT molecular complexity index is 1120. The molecule has 8 heteroatoms. The third-order valence-corrected chi connectivity index (χ3v) is 6.83. The van der Waals surface area contributed by atoms with Gasteiger partial charge in [-0.05, 0) is 52.0 Å². The van der Waals surface area contributed by atoms with Gasteiger partial charge < -0.3 is 4.52 Å². The van der Waals surface area contributed by atoms with E-state index in [1.807, 2.05) is 26.8 Å². The molecule has 0 radical (unpaired) electrons. The molecule has 0 unspecified atom stereocenters. The average molecular weight is 387 g/mol. The fraction of sp³-hybridized carbons (Fsp3) is 0.222. The van der Waals surface area contributed by atoms with Crippen molar-refractivity contribution in [2.75, 3.05) is 4.72 Å². The molecule has 0 aliphatic rings. The lowest BCUT2D eigenvalue weighted by Crippen LogP contribution is -2.14. The van der Waals surface area contributed by atoms with Gasteiger partial charge in [0.2, 0.25) is 0 Å². The number of rotatable bonds is 4. The van der Waals surface area contributed by atoms with Crippen LogP contribution in [0.5, 0.6) is 0 Å². The molecule has 0 saturated heterocycles. The second-order valence-electron chi connectivity index (χ2n) is 5.94. The maximum Gasteiger partial charge on any atom is 0.263 e. The molecule has 6 nitrogen and oxygen atoms in total. The number of hydrogen-bond acceptors (Lipinski definition) is 6. The predicted octanol–water partition coefficient (Wildman–Crippen LogP) is 4.31. The van der Waals surface area contributed by atoms with Gasteiger partial charge in [0.1, 0.15) is 4.90 Å². The molecule has 2 heterocycles. The van der Waals surface area contributed by atoms with Crippen molar-refractivity contribution in [3.05, 3.63) is 50.8 Å². The maximum absolute atomic E-state index is 13.1. The fourth-order valence-electron chi connectivity index (χ4n) is 2.72. The highest BCUT2D eigenvalue weighted by Gasteiger charge is 2.29. The summed E-state index contributed by atoms with van der Waals surface area (Å²) in [5.41, 5.74) is 2.95. The molecule has 0 fully saturated rings. The standard InChI is InChI=1S/C18H17N3O3S2/c1-10-11(2)20-24-17(10)16-12(3)25-13(4)18(16)26(22,23)21-15-7-5-14(9-19)6-8-15/h5-8,21H,1-4H3. The molecule has 1 N–H and O–H groups in total. The van der Waals surface area contributed by atoms with E-state index >= 15 is 0 Å². The largest absolute Gasteiger partial charge is 0.356 e. The molecular formula is C18H17N3O3S2. The first-order valence-corrected chi connectivity index (χ1v) is 10.1. The van der Waals surface area contributed by atoms with Crippen LogP contribution in [0.3, 0.4) is 0 Å². The minimum atomic E-state index is -3.84. The van der Waals surface area contributed by atoms with E-state index in [2.05, 4.69) is 9.88 Å². The third-order valence-electron chi connectivity index (χ3n) is 4.12. The van der Waals surface area contributed by atoms with Crippen LogP contribution < -0.4 is 4.72 Å². The smallest absolute Gasteiger partial charge is 0.263 e. The SMILES string of the molecule is Cc1noc(-c2c(C)sc(C)c2S(=O)(=O)Nc2ccc(C#N)cc2)c1C. The molecule has 0 bridgehead atoms. The van der Waals surface area contributed by atoms with Gasteiger partial charge in [-0.2, -0.15) is 5.26 Å². The summed E-state index contributed by atoms with van der Waals surface area (Å²) >= 11 is 1.40. The van der Waals surface area contributed by atoms with E-state index in [9.17, 15) is 8.42 Å². The van der Waals surface area contributed by atoms with E-state index < -0.39 is 10.0 Å². The Hall–Kier alpha value is -2.63. The molecule has 0 aliphatic carbocycles. The van der Waals surface area contributed by atoms with Crippen molar-refractivity contribution >= 4 is 27.0 Å². The lowest BCUT2D eigenvalue weighted by atomic mass is 10.1. The summed E-state index contributed by atoms with van der Waals surface area (Å²) in [7, 11) is -3.84. The Morgan fingerprint density at radius 1 is 1.12 bits per heavy atom. The molecule has 26 heavy (non-hydrogen) atoms. The quantitative estimate of drug-likeness (QED) is 0.719. The molecule has 134 valence electrons. The molecular weight excluding hydrogens is 370 g/mol. The summed E-state index contributed by atoms with van der Waals surface area (Å²) in [5, 5.41) is 12.8. The lowest BCUT2D eigenvalue weighted by Gasteiger charge is -2.10. The third kappa shape index (κ3) is 3.11. The van der Waals surface area contributed by atoms with Crippen molar-refractivity contribution in [3.63, 3.8) is 0 Å². The number of nitrogens with zero attached hydrogens (tertiary/aromatic N) is 2. The number of anilines is 1. The van der Waals surface area contributed by atoms with Gasteiger partial charge in [-0.1, -0.05) is 5.16 Å². The summed E-state index contributed by atoms with van der Waals surface area (Å²) in [6, 6.07) is 8.26. The second kappa shape index (κ2) is 6.59. The number of benzene rings is 1. The highest BCUT2D eigenvalue weighted by molar-refractivity contribution is 7.93. The summed E-state index contributed by atoms with van der Waals surface area (Å²) in [6.07, 6.45) is 0. The van der Waals surface area contributed by atoms with Crippen LogP contribution in [0.25, 0.3) is 11.3 Å². The molecule has 2 aromatic heterocycles. The van der Waals surface area contributed by atoms with Gasteiger partial charge in [0.15, 0.2) is 5.76 Å². The van der Waals surface area contributed by atoms with Crippen molar-refractivity contribution in [1.29, 1.82) is 5.26 Å². The topological polar surface area (TPSA) is 96.0 Å². The Morgan fingerprint density at radius 2 is 1.77 bits per heavy atom. The zero-order valence-corrected chi connectivity index (χ0v) is 16.4. The molecule has 0 saturated carbocycles. The van der Waals surface area contributed by atoms with Crippen LogP contribution >= 0.6 is 11.3 Å². The van der Waals surface area contributed by atoms with E-state index in [1.54, 1.807) is 31.2 Å². The van der Waals surface area contributed by atoms with Gasteiger partial charge in [-0.15, -0.1) is 11.3 Å². The number of hydrogen-bond donors (Lipinski definition) is 1. The zero-order chi connectivity index (χ0) is 19.1. The highest BCUT2D eigenvalue weighted by Crippen LogP contribution is 2.41. The number of nitrogens with one attached hydrogen (secondary N) is 1. The first-order chi connectivity index (χ1) is 12.2. The van der Waals surface area contributed by atoms with E-state index in [4.69, 9.17) is 9.78 Å². The van der Waals surface area contributed by atoms with Crippen molar-refractivity contribution in [2.24, 2.45) is 0 Å². The first kappa shape index (κ1) is 18.2. The van der Waals surface area contributed by atoms with Gasteiger partial charge in [-0.25, -0.2) is 8.42 Å². The van der Waals surface area contributed by atoms with Crippen molar-refractivity contribution in [3.8, 4) is 17.4 Å². The zero-order valence-electron chi connectivity index (χ0n) is 14.7. The van der Waals surface area contributed by atoms with Crippen LogP contribution in [-0.4, -0.2) is 13.6 Å². The number of nitriles is 1. The summed E-state index contributed by atoms with van der Waals surface area (Å²) < 4.78 is 34.1. The predicted molar refractivity (Wildman–Crippen MR) is 101 cm³/mol. The molecule has 0 aliphatic heterocycles. The molecule has 3 rings (SSSR count). The molecule has 0 spiro atoms. The lowest BCUT2D eigenvalue weighted by molar-refractivity contribution is 0.426. The van der Waals surface area contributed by atoms with Crippen LogP contribution in [0.15, 0.2) is 33.7 Å². The minimum Gasteiger partial charge on any atom is -0.356 e. The Balaban J connectivity index is 2.10. The number of aromatic nitrogens is 1. The number of thiophene rings is 1. The fourth-order valence-corrected chi connectivity index (χ4v) is 5.63. The number of sulfonamides is 1. The van der Waals surface area contributed by atoms with Crippen LogP contribution in [-0.2, 0) is 10.0 Å². The summed E-state index contributed by atoms with van der Waals surface area (Å²) in [4.78, 5) is 1.72. The van der Waals surface area contributed by atoms with E-state index in [1.165, 1.54) is 11.3 Å². The van der Waals surface area contributed by atoms with E-state index in [0.29, 0.717) is 27.5 Å². The van der Waals surface area contributed by atoms with Gasteiger partial charge in [0, 0.05) is 21.0 Å². The normalized spacial score (nSPS) is 11.3. The van der Waals surface area contributed by atoms with E-state index in [0.717, 1.165) is 16.1 Å². The van der Waals surface area contributed by atoms with Crippen LogP contribution in [0.4, 0.5) is 5.69 Å². The second-order valence-corrected chi connectivity index (χ2v) is 8.98. The molecule has 0 atom stereocenters. The summed E-state index contributed by atoms with van der Waals surface area (Å²) in [6.45, 7) is 7.32. The highest BCUT2D eigenvalue weighted by atomic mass is 32.2. The van der Waals surface area contributed by atoms with Crippen LogP contribution in [0.2, 0.25) is 0 Å². The Kier molecular flexibility index (Phi) is 4.61. The summed E-state index contributed by atoms with van der Waals surface area (Å²) in [5.74, 6) is 0.476. The monoisotopic (exact) mass is 387 g/mol. The van der Waals surface area contributed by atoms with Crippen molar-refractivity contribution in [1.82, 2.24) is 5.16 Å². The minimum absolute atomic E-state index is 0.198. The Morgan fingerprint density at radius 3 is 2.31 bits per heavy atom. The van der Waals surface area contributed by atoms with Gasteiger partial charge in [-0.3, -0.25) is 4.72 Å². The van der Waals surface area contributed by atoms with Crippen molar-refractivity contribution < 1.29 is 12.9 Å². The number of aryl methyl sites for hydroxylation is 3. The molecule has 0 amide bonds.